The molecule has 22 nitrogen and oxygen atoms in total. The number of carbonyl (C=O) groups is 8. The van der Waals surface area contributed by atoms with Gasteiger partial charge in [0.05, 0.1) is 7.11 Å². The zero-order valence-electron chi connectivity index (χ0n) is 49.5. The Balaban J connectivity index is 0.000000831. The molecule has 4 aromatic carbocycles. The maximum atomic E-state index is 13.5. The van der Waals surface area contributed by atoms with Crippen LogP contribution in [0.25, 0.3) is 0 Å². The van der Waals surface area contributed by atoms with E-state index >= 15 is 0 Å². The molecule has 0 aromatic heterocycles. The van der Waals surface area contributed by atoms with E-state index in [2.05, 4.69) is 31.9 Å². The molecule has 0 spiro atoms. The average molecular weight is 1160 g/mol. The van der Waals surface area contributed by atoms with E-state index in [-0.39, 0.29) is 59.8 Å². The minimum atomic E-state index is -1.22. The number of amides is 6. The molecule has 0 fully saturated rings. The van der Waals surface area contributed by atoms with Crippen molar-refractivity contribution in [2.75, 3.05) is 20.2 Å². The second-order valence-corrected chi connectivity index (χ2v) is 21.9. The smallest absolute Gasteiger partial charge is 0.408 e. The number of alkyl carbamates (subject to hydrolysis) is 4. The lowest BCUT2D eigenvalue weighted by atomic mass is 9.95. The largest absolute Gasteiger partial charge is 0.508 e. The third-order valence-corrected chi connectivity index (χ3v) is 12.4. The summed E-state index contributed by atoms with van der Waals surface area (Å²) in [6.07, 6.45) is -0.324. The van der Waals surface area contributed by atoms with E-state index in [9.17, 15) is 53.7 Å². The number of unbranched alkanes of at least 4 members (excludes halogenated alkanes) is 2. The van der Waals surface area contributed by atoms with Crippen LogP contribution in [-0.4, -0.2) is 119 Å². The van der Waals surface area contributed by atoms with Gasteiger partial charge in [0, 0.05) is 28.8 Å². The average Bonchev–Trinajstić information content (AvgIpc) is 3.57. The van der Waals surface area contributed by atoms with Gasteiger partial charge in [0.1, 0.15) is 60.1 Å². The van der Waals surface area contributed by atoms with Crippen molar-refractivity contribution in [3.63, 3.8) is 0 Å². The lowest BCUT2D eigenvalue weighted by Crippen LogP contribution is -2.53. The van der Waals surface area contributed by atoms with Crippen molar-refractivity contribution < 1.29 is 80.2 Å². The van der Waals surface area contributed by atoms with Gasteiger partial charge in [-0.3, -0.25) is 9.59 Å². The summed E-state index contributed by atoms with van der Waals surface area (Å²) in [4.78, 5) is 100. The number of nitrogens with one attached hydrogen (secondary N) is 6. The molecule has 0 radical (unpaired) electrons. The van der Waals surface area contributed by atoms with Crippen LogP contribution >= 0.6 is 0 Å². The number of rotatable bonds is 26. The van der Waals surface area contributed by atoms with Gasteiger partial charge in [-0.2, -0.15) is 0 Å². The first-order valence-electron chi connectivity index (χ1n) is 27.4. The molecule has 0 heterocycles. The summed E-state index contributed by atoms with van der Waals surface area (Å²) in [6, 6.07) is 20.0. The standard InChI is InChI=1S/C31H43N3O8.C30H41N3O8.2H2/c1-20-16-23(35)17-21(2)24(20)18-26(34-30(39)41-19-22-12-8-7-9-13-22)27(36)33-25(28(37)40-6)14-10-11-15-32-29(38)42-31(3,4)5;1-19-15-22(34)16-20(2)23(19)17-25(33-29(39)40-18-21-11-7-6-8-12-21)26(35)32-24(27(36)37)13-9-10-14-31-28(38)41-30(3,4)5;;/h7-9,12-13,16-17,25-26,35H,10-11,14-15,18-19H2,1-6H3,(H,32,38)(H,33,36)(H,34,39);6-8,11-12,15-16,24-25,34H,9-10,13-14,17-18H2,1-5H3,(H,31,38)(H,32,35)(H,33,39)(H,36,37);2*1H/t25-,26-;24-,25-;;/m00../s1. The van der Waals surface area contributed by atoms with Crippen molar-refractivity contribution in [1.29, 1.82) is 0 Å². The quantitative estimate of drug-likeness (QED) is 0.0161. The van der Waals surface area contributed by atoms with Crippen LogP contribution in [0.4, 0.5) is 19.2 Å². The second kappa shape index (κ2) is 34.0. The summed E-state index contributed by atoms with van der Waals surface area (Å²) in [5.41, 5.74) is 4.72. The first-order valence-corrected chi connectivity index (χ1v) is 27.4. The summed E-state index contributed by atoms with van der Waals surface area (Å²) < 4.78 is 25.9. The molecule has 0 aliphatic carbocycles. The fourth-order valence-corrected chi connectivity index (χ4v) is 8.38. The van der Waals surface area contributed by atoms with Crippen molar-refractivity contribution >= 4 is 48.1 Å². The Morgan fingerprint density at radius 3 is 1.18 bits per heavy atom. The predicted molar refractivity (Wildman–Crippen MR) is 314 cm³/mol. The minimum absolute atomic E-state index is 0. The number of ether oxygens (including phenoxy) is 5. The van der Waals surface area contributed by atoms with Gasteiger partial charge in [0.2, 0.25) is 11.8 Å². The van der Waals surface area contributed by atoms with Gasteiger partial charge < -0.3 is 70.9 Å². The summed E-state index contributed by atoms with van der Waals surface area (Å²) in [5.74, 6) is -2.97. The minimum Gasteiger partial charge on any atom is -0.508 e. The molecule has 83 heavy (non-hydrogen) atoms. The van der Waals surface area contributed by atoms with Gasteiger partial charge >= 0.3 is 36.3 Å². The van der Waals surface area contributed by atoms with E-state index in [0.29, 0.717) is 43.4 Å². The third-order valence-electron chi connectivity index (χ3n) is 12.4. The zero-order valence-corrected chi connectivity index (χ0v) is 49.5. The number of phenols is 2. The molecule has 0 aliphatic heterocycles. The zero-order chi connectivity index (χ0) is 61.9. The van der Waals surface area contributed by atoms with Crippen molar-refractivity contribution in [3.05, 3.63) is 129 Å². The molecule has 0 bridgehead atoms. The highest BCUT2D eigenvalue weighted by atomic mass is 16.6. The van der Waals surface area contributed by atoms with Gasteiger partial charge in [-0.05, 0) is 177 Å². The molecule has 0 saturated carbocycles. The molecule has 458 valence electrons. The Hall–Kier alpha value is -8.56. The Bertz CT molecular complexity index is 2750. The highest BCUT2D eigenvalue weighted by Gasteiger charge is 2.31. The van der Waals surface area contributed by atoms with Gasteiger partial charge in [0.15, 0.2) is 0 Å². The van der Waals surface area contributed by atoms with Crippen LogP contribution in [0.5, 0.6) is 11.5 Å². The van der Waals surface area contributed by atoms with Crippen LogP contribution in [-0.2, 0) is 68.9 Å². The van der Waals surface area contributed by atoms with Crippen LogP contribution in [0.1, 0.15) is 127 Å². The lowest BCUT2D eigenvalue weighted by molar-refractivity contribution is -0.145. The van der Waals surface area contributed by atoms with Crippen molar-refractivity contribution in [2.24, 2.45) is 0 Å². The van der Waals surface area contributed by atoms with E-state index in [1.165, 1.54) is 7.11 Å². The fourth-order valence-electron chi connectivity index (χ4n) is 8.38. The van der Waals surface area contributed by atoms with Crippen molar-refractivity contribution in [1.82, 2.24) is 31.9 Å². The second-order valence-electron chi connectivity index (χ2n) is 21.9. The molecule has 22 heteroatoms. The molecule has 4 atom stereocenters. The summed E-state index contributed by atoms with van der Waals surface area (Å²) in [7, 11) is 1.23. The molecular weight excluding hydrogens is 1070 g/mol. The van der Waals surface area contributed by atoms with Crippen molar-refractivity contribution in [3.8, 4) is 11.5 Å². The summed E-state index contributed by atoms with van der Waals surface area (Å²) in [6.45, 7) is 18.3. The van der Waals surface area contributed by atoms with Crippen LogP contribution in [0.3, 0.4) is 0 Å². The molecule has 6 amide bonds. The Kier molecular flexibility index (Phi) is 28.2. The molecule has 0 saturated heterocycles. The maximum Gasteiger partial charge on any atom is 0.408 e. The fraction of sp³-hybridized carbons (Fsp3) is 0.475. The number of methoxy groups -OCH3 is 1. The van der Waals surface area contributed by atoms with E-state index < -0.39 is 83.5 Å². The number of aromatic hydroxyl groups is 2. The summed E-state index contributed by atoms with van der Waals surface area (Å²) >= 11 is 0. The molecule has 9 N–H and O–H groups in total. The number of carboxylic acids is 1. The normalized spacial score (nSPS) is 12.5. The number of carboxylic acid groups (broad SMARTS) is 1. The van der Waals surface area contributed by atoms with Gasteiger partial charge in [-0.15, -0.1) is 0 Å². The monoisotopic (exact) mass is 1160 g/mol. The van der Waals surface area contributed by atoms with E-state index in [1.807, 2.05) is 48.5 Å². The Labute approximate surface area is 489 Å². The molecule has 0 aliphatic rings. The van der Waals surface area contributed by atoms with E-state index in [4.69, 9.17) is 23.7 Å². The highest BCUT2D eigenvalue weighted by molar-refractivity contribution is 5.90. The number of carbonyl (C=O) groups excluding carboxylic acids is 7. The Morgan fingerprint density at radius 1 is 0.494 bits per heavy atom. The topological polar surface area (TPSA) is 316 Å². The number of aryl methyl sites for hydroxylation is 4. The number of hydrogen-bond acceptors (Lipinski definition) is 15. The van der Waals surface area contributed by atoms with E-state index in [1.54, 1.807) is 106 Å². The van der Waals surface area contributed by atoms with E-state index in [0.717, 1.165) is 33.4 Å². The number of phenolic OH excluding ortho intramolecular Hbond substituents is 2. The number of esters is 1. The molecular formula is C61H88N6O16. The van der Waals surface area contributed by atoms with Gasteiger partial charge in [-0.1, -0.05) is 60.7 Å². The number of hydrogen-bond donors (Lipinski definition) is 9. The van der Waals surface area contributed by atoms with Crippen molar-refractivity contribution in [2.45, 2.75) is 169 Å². The molecule has 4 aromatic rings. The molecule has 4 rings (SSSR count). The molecule has 0 unspecified atom stereocenters. The predicted octanol–water partition coefficient (Wildman–Crippen LogP) is 8.80. The first-order chi connectivity index (χ1) is 39.0. The number of benzene rings is 4. The first kappa shape index (κ1) is 68.7. The van der Waals surface area contributed by atoms with Crippen LogP contribution in [0, 0.1) is 27.7 Å². The third kappa shape index (κ3) is 27.2. The van der Waals surface area contributed by atoms with Crippen LogP contribution < -0.4 is 31.9 Å². The highest BCUT2D eigenvalue weighted by Crippen LogP contribution is 2.24. The van der Waals surface area contributed by atoms with Gasteiger partial charge in [0.25, 0.3) is 0 Å². The SMILES string of the molecule is COC(=O)[C@H](CCCCNC(=O)OC(C)(C)C)NC(=O)[C@H](Cc1c(C)cc(O)cc1C)NC(=O)OCc1ccccc1.Cc1cc(O)cc(C)c1C[C@H](NC(=O)OCc1ccccc1)C(=O)N[C@@H](CCCCNC(=O)OC(C)(C)C)C(=O)O.[HH].[HH]. The van der Waals surface area contributed by atoms with Gasteiger partial charge in [-0.25, -0.2) is 28.8 Å². The summed E-state index contributed by atoms with van der Waals surface area (Å²) in [5, 5.41) is 45.3. The van der Waals surface area contributed by atoms with Crippen LogP contribution in [0.15, 0.2) is 84.9 Å². The maximum absolute atomic E-state index is 13.5. The number of aliphatic carboxylic acids is 1. The Morgan fingerprint density at radius 2 is 0.843 bits per heavy atom. The van der Waals surface area contributed by atoms with Crippen LogP contribution in [0.2, 0.25) is 0 Å². The lowest BCUT2D eigenvalue weighted by Gasteiger charge is -2.23.